The van der Waals surface area contributed by atoms with E-state index in [0.29, 0.717) is 0 Å². The maximum Gasteiger partial charge on any atom is 0.333 e. The Morgan fingerprint density at radius 2 is 2.00 bits per heavy atom. The molecule has 1 aliphatic heterocycles. The summed E-state index contributed by atoms with van der Waals surface area (Å²) in [5, 5.41) is 0. The van der Waals surface area contributed by atoms with Gasteiger partial charge in [0.05, 0.1) is 0 Å². The first kappa shape index (κ1) is 15.3. The number of hydrogen-bond donors (Lipinski definition) is 2. The molecule has 2 N–H and O–H groups in total. The summed E-state index contributed by atoms with van der Waals surface area (Å²) in [5.74, 6) is -1.44. The van der Waals surface area contributed by atoms with Gasteiger partial charge in [0.2, 0.25) is 0 Å². The monoisotopic (exact) mass is 305 g/mol. The highest BCUT2D eigenvalue weighted by molar-refractivity contribution is 7.83. The van der Waals surface area contributed by atoms with Crippen LogP contribution >= 0.6 is 0 Å². The zero-order valence-electron chi connectivity index (χ0n) is 11.0. The number of benzene rings is 1. The molecule has 0 radical (unpaired) electrons. The van der Waals surface area contributed by atoms with Crippen molar-refractivity contribution in [2.45, 2.75) is 31.8 Å². The van der Waals surface area contributed by atoms with E-state index in [1.807, 2.05) is 4.72 Å². The highest BCUT2D eigenvalue weighted by atomic mass is 32.2. The summed E-state index contributed by atoms with van der Waals surface area (Å²) in [4.78, 5) is 0. The normalized spacial score (nSPS) is 25.8. The molecule has 1 aromatic rings. The third kappa shape index (κ3) is 3.74. The van der Waals surface area contributed by atoms with E-state index in [2.05, 4.69) is 0 Å². The average Bonchev–Trinajstić information content (AvgIpc) is 2.62. The number of nitrogens with one attached hydrogen (secondary N) is 1. The van der Waals surface area contributed by atoms with Gasteiger partial charge in [0.25, 0.3) is 0 Å². The van der Waals surface area contributed by atoms with Gasteiger partial charge in [-0.25, -0.2) is 4.39 Å². The Labute approximate surface area is 116 Å². The predicted octanol–water partition coefficient (Wildman–Crippen LogP) is 1.41. The first-order valence-electron chi connectivity index (χ1n) is 6.00. The first-order valence-corrected chi connectivity index (χ1v) is 7.44. The molecule has 1 fully saturated rings. The fourth-order valence-corrected chi connectivity index (χ4v) is 2.52. The van der Waals surface area contributed by atoms with E-state index in [-0.39, 0.29) is 12.1 Å². The maximum absolute atomic E-state index is 13.8. The van der Waals surface area contributed by atoms with Crippen LogP contribution in [0.15, 0.2) is 24.3 Å². The molecule has 1 heterocycles. The lowest BCUT2D eigenvalue weighted by molar-refractivity contribution is -0.146. The lowest BCUT2D eigenvalue weighted by Crippen LogP contribution is -2.35. The second-order valence-corrected chi connectivity index (χ2v) is 6.18. The first-order chi connectivity index (χ1) is 9.18. The van der Waals surface area contributed by atoms with Crippen LogP contribution in [0.1, 0.15) is 25.5 Å². The third-order valence-electron chi connectivity index (χ3n) is 2.86. The molecule has 2 atom stereocenters. The minimum Gasteiger partial charge on any atom is -0.343 e. The van der Waals surface area contributed by atoms with Crippen LogP contribution in [0.4, 0.5) is 4.39 Å². The van der Waals surface area contributed by atoms with Crippen LogP contribution in [-0.4, -0.2) is 31.4 Å². The van der Waals surface area contributed by atoms with Crippen molar-refractivity contribution in [2.24, 2.45) is 0 Å². The van der Waals surface area contributed by atoms with Crippen molar-refractivity contribution in [1.29, 1.82) is 0 Å². The van der Waals surface area contributed by atoms with Crippen LogP contribution in [0.2, 0.25) is 0 Å². The number of rotatable bonds is 4. The summed E-state index contributed by atoms with van der Waals surface area (Å²) in [7, 11) is -4.34. The lowest BCUT2D eigenvalue weighted by atomic mass is 10.0. The highest BCUT2D eigenvalue weighted by Gasteiger charge is 2.43. The fourth-order valence-electron chi connectivity index (χ4n) is 2.14. The molecule has 0 aromatic heterocycles. The van der Waals surface area contributed by atoms with Gasteiger partial charge < -0.3 is 9.47 Å². The van der Waals surface area contributed by atoms with Crippen LogP contribution in [0.5, 0.6) is 0 Å². The molecule has 1 saturated heterocycles. The molecule has 8 heteroatoms. The van der Waals surface area contributed by atoms with E-state index < -0.39 is 34.1 Å². The molecule has 112 valence electrons. The van der Waals surface area contributed by atoms with Gasteiger partial charge in [-0.3, -0.25) is 4.55 Å². The Bertz CT molecular complexity index is 589. The maximum atomic E-state index is 13.8. The topological polar surface area (TPSA) is 84.9 Å². The fraction of sp³-hybridized carbons (Fsp3) is 0.500. The summed E-state index contributed by atoms with van der Waals surface area (Å²) in [6, 6.07) is 6.04. The predicted molar refractivity (Wildman–Crippen MR) is 68.7 cm³/mol. The van der Waals surface area contributed by atoms with Crippen LogP contribution in [0.25, 0.3) is 0 Å². The van der Waals surface area contributed by atoms with Gasteiger partial charge >= 0.3 is 10.3 Å². The summed E-state index contributed by atoms with van der Waals surface area (Å²) >= 11 is 0. The molecule has 0 aliphatic carbocycles. The Morgan fingerprint density at radius 3 is 2.60 bits per heavy atom. The van der Waals surface area contributed by atoms with Gasteiger partial charge in [0.15, 0.2) is 5.79 Å². The summed E-state index contributed by atoms with van der Waals surface area (Å²) in [5.41, 5.74) is 0.278. The SMILES string of the molecule is CC1(C)O[C@H](c2ccccc2F)[C@@H](CNS(=O)(=O)O)O1. The minimum absolute atomic E-state index is 0.221. The van der Waals surface area contributed by atoms with E-state index in [4.69, 9.17) is 14.0 Å². The molecular formula is C12H16FNO5S. The Balaban J connectivity index is 2.23. The molecule has 0 bridgehead atoms. The van der Waals surface area contributed by atoms with Gasteiger partial charge in [-0.15, -0.1) is 0 Å². The highest BCUT2D eigenvalue weighted by Crippen LogP contribution is 2.38. The largest absolute Gasteiger partial charge is 0.343 e. The zero-order valence-corrected chi connectivity index (χ0v) is 11.9. The Kier molecular flexibility index (Phi) is 4.12. The molecule has 2 rings (SSSR count). The zero-order chi connectivity index (χ0) is 15.0. The van der Waals surface area contributed by atoms with Crippen LogP contribution in [0.3, 0.4) is 0 Å². The van der Waals surface area contributed by atoms with Gasteiger partial charge in [-0.2, -0.15) is 13.1 Å². The third-order valence-corrected chi connectivity index (χ3v) is 3.39. The van der Waals surface area contributed by atoms with Gasteiger partial charge in [-0.1, -0.05) is 18.2 Å². The van der Waals surface area contributed by atoms with E-state index in [9.17, 15) is 12.8 Å². The smallest absolute Gasteiger partial charge is 0.333 e. The Morgan fingerprint density at radius 1 is 1.35 bits per heavy atom. The second-order valence-electron chi connectivity index (χ2n) is 4.94. The summed E-state index contributed by atoms with van der Waals surface area (Å²) in [6.45, 7) is 3.07. The lowest BCUT2D eigenvalue weighted by Gasteiger charge is -2.17. The van der Waals surface area contributed by atoms with E-state index in [1.165, 1.54) is 6.07 Å². The van der Waals surface area contributed by atoms with Crippen molar-refractivity contribution in [3.05, 3.63) is 35.6 Å². The van der Waals surface area contributed by atoms with Crippen LogP contribution in [-0.2, 0) is 19.8 Å². The van der Waals surface area contributed by atoms with E-state index in [1.54, 1.807) is 32.0 Å². The molecular weight excluding hydrogens is 289 g/mol. The molecule has 0 spiro atoms. The molecule has 0 unspecified atom stereocenters. The van der Waals surface area contributed by atoms with E-state index in [0.717, 1.165) is 0 Å². The quantitative estimate of drug-likeness (QED) is 0.822. The molecule has 1 aliphatic rings. The van der Waals surface area contributed by atoms with Crippen LogP contribution < -0.4 is 4.72 Å². The summed E-state index contributed by atoms with van der Waals surface area (Å²) < 4.78 is 57.1. The van der Waals surface area contributed by atoms with Gasteiger partial charge in [-0.05, 0) is 19.9 Å². The van der Waals surface area contributed by atoms with Crippen molar-refractivity contribution in [3.63, 3.8) is 0 Å². The van der Waals surface area contributed by atoms with Crippen molar-refractivity contribution < 1.29 is 26.8 Å². The van der Waals surface area contributed by atoms with Gasteiger partial charge in [0.1, 0.15) is 18.0 Å². The minimum atomic E-state index is -4.34. The average molecular weight is 305 g/mol. The Hall–Kier alpha value is -1.06. The van der Waals surface area contributed by atoms with Gasteiger partial charge in [0, 0.05) is 12.1 Å². The second kappa shape index (κ2) is 5.38. The molecule has 20 heavy (non-hydrogen) atoms. The molecule has 1 aromatic carbocycles. The molecule has 6 nitrogen and oxygen atoms in total. The number of halogens is 1. The molecule has 0 saturated carbocycles. The van der Waals surface area contributed by atoms with Crippen molar-refractivity contribution in [1.82, 2.24) is 4.72 Å². The van der Waals surface area contributed by atoms with Crippen molar-refractivity contribution in [3.8, 4) is 0 Å². The van der Waals surface area contributed by atoms with Crippen molar-refractivity contribution in [2.75, 3.05) is 6.54 Å². The number of hydrogen-bond acceptors (Lipinski definition) is 4. The number of ether oxygens (including phenoxy) is 2. The molecule has 0 amide bonds. The van der Waals surface area contributed by atoms with Crippen LogP contribution in [0, 0.1) is 5.82 Å². The summed E-state index contributed by atoms with van der Waals surface area (Å²) in [6.07, 6.45) is -1.51. The standard InChI is InChI=1S/C12H16FNO5S/c1-12(2)18-10(7-14-20(15,16)17)11(19-12)8-5-3-4-6-9(8)13/h3-6,10-11,14H,7H2,1-2H3,(H,15,16,17)/t10-,11-/m1/s1. The van der Waals surface area contributed by atoms with Crippen molar-refractivity contribution >= 4 is 10.3 Å². The van der Waals surface area contributed by atoms with E-state index >= 15 is 0 Å².